The largest absolute Gasteiger partial charge is 0.465 e. The van der Waals surface area contributed by atoms with E-state index in [4.69, 9.17) is 4.74 Å². The molecule has 2 aromatic rings. The molecule has 1 amide bonds. The second-order valence-electron chi connectivity index (χ2n) is 9.39. The molecule has 40 heavy (non-hydrogen) atoms. The lowest BCUT2D eigenvalue weighted by Crippen LogP contribution is -2.63. The van der Waals surface area contributed by atoms with Crippen LogP contribution in [0.25, 0.3) is 0 Å². The molecule has 218 valence electrons. The maximum atomic E-state index is 14.7. The molecule has 0 aliphatic heterocycles. The summed E-state index contributed by atoms with van der Waals surface area (Å²) in [6.45, 7) is 0. The Morgan fingerprint density at radius 1 is 1.10 bits per heavy atom. The molecule has 1 fully saturated rings. The number of rotatable bonds is 9. The minimum Gasteiger partial charge on any atom is -0.465 e. The van der Waals surface area contributed by atoms with Gasteiger partial charge in [-0.05, 0) is 54.2 Å². The van der Waals surface area contributed by atoms with E-state index in [0.29, 0.717) is 17.4 Å². The van der Waals surface area contributed by atoms with Crippen molar-refractivity contribution < 1.29 is 50.6 Å². The molecule has 3 rings (SSSR count). The van der Waals surface area contributed by atoms with Crippen LogP contribution in [0.15, 0.2) is 47.6 Å². The van der Waals surface area contributed by atoms with Gasteiger partial charge in [-0.2, -0.15) is 26.3 Å². The predicted molar refractivity (Wildman–Crippen MR) is 133 cm³/mol. The number of hydrogen-bond donors (Lipinski definition) is 1. The molecule has 7 nitrogen and oxygen atoms in total. The van der Waals surface area contributed by atoms with Crippen molar-refractivity contribution in [3.05, 3.63) is 64.7 Å². The number of nitrogens with zero attached hydrogens (tertiary/aromatic N) is 2. The van der Waals surface area contributed by atoms with Crippen molar-refractivity contribution in [2.45, 2.75) is 49.6 Å². The van der Waals surface area contributed by atoms with Gasteiger partial charge in [0, 0.05) is 31.3 Å². The molecular formula is C27H28F6N2O5. The smallest absolute Gasteiger partial charge is 0.427 e. The zero-order valence-corrected chi connectivity index (χ0v) is 21.8. The predicted octanol–water partition coefficient (Wildman–Crippen LogP) is 5.51. The lowest BCUT2D eigenvalue weighted by Gasteiger charge is -2.45. The highest BCUT2D eigenvalue weighted by molar-refractivity contribution is 6.01. The molecular weight excluding hydrogens is 546 g/mol. The van der Waals surface area contributed by atoms with E-state index in [2.05, 4.69) is 9.99 Å². The van der Waals surface area contributed by atoms with E-state index in [1.54, 1.807) is 0 Å². The highest BCUT2D eigenvalue weighted by Gasteiger charge is 2.67. The highest BCUT2D eigenvalue weighted by Crippen LogP contribution is 2.54. The summed E-state index contributed by atoms with van der Waals surface area (Å²) >= 11 is 0. The van der Waals surface area contributed by atoms with Crippen LogP contribution in [0.5, 0.6) is 0 Å². The van der Waals surface area contributed by atoms with Crippen LogP contribution < -0.4 is 4.90 Å². The van der Waals surface area contributed by atoms with Crippen molar-refractivity contribution in [1.82, 2.24) is 0 Å². The third kappa shape index (κ3) is 5.93. The number of hydrogen-bond acceptors (Lipinski definition) is 6. The number of anilines is 1. The Kier molecular flexibility index (Phi) is 9.17. The van der Waals surface area contributed by atoms with Crippen molar-refractivity contribution in [2.75, 3.05) is 26.2 Å². The highest BCUT2D eigenvalue weighted by atomic mass is 19.4. The van der Waals surface area contributed by atoms with Gasteiger partial charge in [0.05, 0.1) is 18.2 Å². The fourth-order valence-electron chi connectivity index (χ4n) is 4.90. The van der Waals surface area contributed by atoms with Gasteiger partial charge >= 0.3 is 18.3 Å². The summed E-state index contributed by atoms with van der Waals surface area (Å²) < 4.78 is 90.6. The van der Waals surface area contributed by atoms with E-state index in [9.17, 15) is 41.0 Å². The fraction of sp³-hybridized carbons (Fsp3) is 0.444. The fourth-order valence-corrected chi connectivity index (χ4v) is 4.90. The number of esters is 1. The number of aliphatic hydroxyl groups is 1. The van der Waals surface area contributed by atoms with Crippen LogP contribution in [0.3, 0.4) is 0 Å². The average molecular weight is 575 g/mol. The normalized spacial score (nSPS) is 16.6. The van der Waals surface area contributed by atoms with E-state index < -0.39 is 52.8 Å². The molecule has 0 bridgehead atoms. The van der Waals surface area contributed by atoms with Crippen LogP contribution in [-0.2, 0) is 27.0 Å². The zero-order chi connectivity index (χ0) is 29.9. The van der Waals surface area contributed by atoms with Gasteiger partial charge in [0.25, 0.3) is 5.91 Å². The van der Waals surface area contributed by atoms with E-state index in [0.717, 1.165) is 32.4 Å². The quantitative estimate of drug-likeness (QED) is 0.185. The van der Waals surface area contributed by atoms with Gasteiger partial charge in [-0.3, -0.25) is 4.79 Å². The minimum atomic E-state index is -5.64. The van der Waals surface area contributed by atoms with Crippen LogP contribution in [0, 0.1) is 5.92 Å². The number of carbonyl (C=O) groups excluding carboxylic acids is 2. The maximum Gasteiger partial charge on any atom is 0.427 e. The number of methoxy groups -OCH3 is 1. The summed E-state index contributed by atoms with van der Waals surface area (Å²) in [4.78, 5) is 30.9. The second kappa shape index (κ2) is 11.9. The van der Waals surface area contributed by atoms with Crippen molar-refractivity contribution in [2.24, 2.45) is 11.1 Å². The molecule has 0 radical (unpaired) electrons. The number of oxime groups is 1. The molecule has 1 aliphatic carbocycles. The third-order valence-corrected chi connectivity index (χ3v) is 7.11. The molecule has 2 aromatic carbocycles. The Hall–Kier alpha value is -3.61. The Labute approximate surface area is 226 Å². The summed E-state index contributed by atoms with van der Waals surface area (Å²) in [5.41, 5.74) is -6.28. The lowest BCUT2D eigenvalue weighted by atomic mass is 9.64. The topological polar surface area (TPSA) is 88.4 Å². The first kappa shape index (κ1) is 30.9. The van der Waals surface area contributed by atoms with Crippen LogP contribution in [0.4, 0.5) is 32.0 Å². The number of alkyl halides is 6. The maximum absolute atomic E-state index is 14.7. The number of halogens is 6. The van der Waals surface area contributed by atoms with Gasteiger partial charge in [-0.15, -0.1) is 0 Å². The molecule has 2 unspecified atom stereocenters. The minimum absolute atomic E-state index is 0.0344. The van der Waals surface area contributed by atoms with E-state index in [-0.39, 0.29) is 36.1 Å². The standard InChI is InChI=1S/C27H28F6N2O5/c1-35(18-11-12-19(23(36)39-2)17(15-18)13-14-34-40-3)24(37)25(38,27(31,32)33)22(16-7-6-8-16)20-9-4-5-10-21(20)26(28,29)30/h4-5,9-12,14-16,22,38H,6-8,13H2,1-3H3. The molecule has 0 aromatic heterocycles. The lowest BCUT2D eigenvalue weighted by molar-refractivity contribution is -0.264. The number of carbonyl (C=O) groups is 2. The number of benzene rings is 2. The molecule has 0 heterocycles. The van der Waals surface area contributed by atoms with Gasteiger partial charge in [0.2, 0.25) is 5.60 Å². The first-order valence-electron chi connectivity index (χ1n) is 12.2. The SMILES string of the molecule is CON=CCc1cc(N(C)C(=O)C(O)(C(c2ccccc2C(F)(F)F)C2CCC2)C(F)(F)F)ccc1C(=O)OC. The molecule has 1 N–H and O–H groups in total. The monoisotopic (exact) mass is 574 g/mol. The van der Waals surface area contributed by atoms with Gasteiger partial charge in [-0.1, -0.05) is 29.8 Å². The Morgan fingerprint density at radius 2 is 1.75 bits per heavy atom. The summed E-state index contributed by atoms with van der Waals surface area (Å²) in [5.74, 6) is -5.88. The molecule has 13 heteroatoms. The first-order valence-corrected chi connectivity index (χ1v) is 12.2. The van der Waals surface area contributed by atoms with Gasteiger partial charge < -0.3 is 19.6 Å². The van der Waals surface area contributed by atoms with Crippen LogP contribution >= 0.6 is 0 Å². The van der Waals surface area contributed by atoms with E-state index >= 15 is 0 Å². The van der Waals surface area contributed by atoms with Crippen molar-refractivity contribution >= 4 is 23.8 Å². The van der Waals surface area contributed by atoms with Gasteiger partial charge in [0.1, 0.15) is 7.11 Å². The Balaban J connectivity index is 2.16. The summed E-state index contributed by atoms with van der Waals surface area (Å²) in [5, 5.41) is 14.9. The Bertz CT molecular complexity index is 1260. The molecule has 0 spiro atoms. The Morgan fingerprint density at radius 3 is 2.27 bits per heavy atom. The van der Waals surface area contributed by atoms with E-state index in [1.165, 1.54) is 31.5 Å². The van der Waals surface area contributed by atoms with Crippen LogP contribution in [0.1, 0.15) is 52.2 Å². The van der Waals surface area contributed by atoms with Crippen molar-refractivity contribution in [1.29, 1.82) is 0 Å². The van der Waals surface area contributed by atoms with E-state index in [1.807, 2.05) is 0 Å². The summed E-state index contributed by atoms with van der Waals surface area (Å²) in [7, 11) is 3.36. The number of ether oxygens (including phenoxy) is 1. The molecule has 2 atom stereocenters. The number of likely N-dealkylation sites (N-methyl/N-ethyl adjacent to an activating group) is 1. The first-order chi connectivity index (χ1) is 18.7. The van der Waals surface area contributed by atoms with Crippen molar-refractivity contribution in [3.63, 3.8) is 0 Å². The average Bonchev–Trinajstić information content (AvgIpc) is 2.87. The summed E-state index contributed by atoms with van der Waals surface area (Å²) in [6.07, 6.45) is -8.80. The van der Waals surface area contributed by atoms with Gasteiger partial charge in [-0.25, -0.2) is 4.79 Å². The molecule has 0 saturated heterocycles. The van der Waals surface area contributed by atoms with Gasteiger partial charge in [0.15, 0.2) is 0 Å². The second-order valence-corrected chi connectivity index (χ2v) is 9.39. The summed E-state index contributed by atoms with van der Waals surface area (Å²) in [6, 6.07) is 7.28. The van der Waals surface area contributed by atoms with Crippen LogP contribution in [-0.4, -0.2) is 56.2 Å². The number of amides is 1. The molecule has 1 aliphatic rings. The zero-order valence-electron chi connectivity index (χ0n) is 21.8. The van der Waals surface area contributed by atoms with Crippen molar-refractivity contribution in [3.8, 4) is 0 Å². The third-order valence-electron chi connectivity index (χ3n) is 7.11. The van der Waals surface area contributed by atoms with Crippen LogP contribution in [0.2, 0.25) is 0 Å². The molecule has 1 saturated carbocycles.